The van der Waals surface area contributed by atoms with Crippen molar-refractivity contribution in [1.29, 1.82) is 0 Å². The van der Waals surface area contributed by atoms with Crippen LogP contribution in [0.2, 0.25) is 0 Å². The van der Waals surface area contributed by atoms with Crippen LogP contribution in [0.5, 0.6) is 0 Å². The molecule has 1 aliphatic rings. The fraction of sp³-hybridized carbons (Fsp3) is 0.688. The summed E-state index contributed by atoms with van der Waals surface area (Å²) in [6, 6.07) is 2.70. The zero-order valence-corrected chi connectivity index (χ0v) is 13.5. The summed E-state index contributed by atoms with van der Waals surface area (Å²) >= 11 is 0. The molecule has 0 saturated carbocycles. The predicted octanol–water partition coefficient (Wildman–Crippen LogP) is 2.11. The number of pyridine rings is 1. The summed E-state index contributed by atoms with van der Waals surface area (Å²) in [5.41, 5.74) is 2.75. The number of hydrogen-bond donors (Lipinski definition) is 1. The summed E-state index contributed by atoms with van der Waals surface area (Å²) in [6.45, 7) is 13.1. The van der Waals surface area contributed by atoms with Crippen molar-refractivity contribution in [3.63, 3.8) is 0 Å². The van der Waals surface area contributed by atoms with E-state index in [-0.39, 0.29) is 5.54 Å². The third-order valence-electron chi connectivity index (χ3n) is 3.83. The molecule has 0 aromatic carbocycles. The van der Waals surface area contributed by atoms with Crippen LogP contribution in [-0.2, 0) is 6.54 Å². The quantitative estimate of drug-likeness (QED) is 0.916. The molecule has 0 aliphatic carbocycles. The van der Waals surface area contributed by atoms with Gasteiger partial charge in [0.05, 0.1) is 0 Å². The van der Waals surface area contributed by atoms with E-state index in [9.17, 15) is 0 Å². The van der Waals surface area contributed by atoms with Crippen molar-refractivity contribution in [3.05, 3.63) is 24.0 Å². The highest BCUT2D eigenvalue weighted by Crippen LogP contribution is 2.24. The average molecular weight is 276 g/mol. The number of aromatic nitrogens is 1. The minimum atomic E-state index is 0.126. The normalized spacial score (nSPS) is 21.2. The molecule has 0 radical (unpaired) electrons. The van der Waals surface area contributed by atoms with E-state index in [4.69, 9.17) is 0 Å². The standard InChI is InChI=1S/C16H28N4/c1-13-12-19(5)8-9-20(13)15-6-7-17-10-14(15)11-18-16(2,3)4/h6-7,10,13,18H,8-9,11-12H2,1-5H3. The van der Waals surface area contributed by atoms with Crippen molar-refractivity contribution < 1.29 is 0 Å². The van der Waals surface area contributed by atoms with Gasteiger partial charge in [-0.05, 0) is 40.8 Å². The van der Waals surface area contributed by atoms with E-state index >= 15 is 0 Å². The lowest BCUT2D eigenvalue weighted by Crippen LogP contribution is -2.51. The Hall–Kier alpha value is -1.13. The van der Waals surface area contributed by atoms with E-state index in [0.29, 0.717) is 6.04 Å². The van der Waals surface area contributed by atoms with E-state index < -0.39 is 0 Å². The Balaban J connectivity index is 2.15. The summed E-state index contributed by atoms with van der Waals surface area (Å²) in [5, 5.41) is 3.56. The zero-order valence-electron chi connectivity index (χ0n) is 13.5. The minimum Gasteiger partial charge on any atom is -0.366 e. The number of hydrogen-bond acceptors (Lipinski definition) is 4. The van der Waals surface area contributed by atoms with Crippen LogP contribution >= 0.6 is 0 Å². The van der Waals surface area contributed by atoms with E-state index in [1.54, 1.807) is 0 Å². The first-order valence-electron chi connectivity index (χ1n) is 7.50. The van der Waals surface area contributed by atoms with Crippen molar-refractivity contribution in [2.75, 3.05) is 31.6 Å². The summed E-state index contributed by atoms with van der Waals surface area (Å²) < 4.78 is 0. The number of anilines is 1. The third-order valence-corrected chi connectivity index (χ3v) is 3.83. The molecule has 20 heavy (non-hydrogen) atoms. The van der Waals surface area contributed by atoms with E-state index in [0.717, 1.165) is 26.2 Å². The third kappa shape index (κ3) is 3.93. The minimum absolute atomic E-state index is 0.126. The Labute approximate surface area is 123 Å². The lowest BCUT2D eigenvalue weighted by molar-refractivity contribution is 0.275. The molecular weight excluding hydrogens is 248 g/mol. The molecule has 1 saturated heterocycles. The second kappa shape index (κ2) is 6.10. The van der Waals surface area contributed by atoms with Gasteiger partial charge in [0.1, 0.15) is 0 Å². The summed E-state index contributed by atoms with van der Waals surface area (Å²) in [6.07, 6.45) is 3.90. The summed E-state index contributed by atoms with van der Waals surface area (Å²) in [5.74, 6) is 0. The van der Waals surface area contributed by atoms with Gasteiger partial charge in [-0.3, -0.25) is 4.98 Å². The smallest absolute Gasteiger partial charge is 0.0446 e. The monoisotopic (exact) mass is 276 g/mol. The van der Waals surface area contributed by atoms with Crippen LogP contribution in [0, 0.1) is 0 Å². The lowest BCUT2D eigenvalue weighted by Gasteiger charge is -2.40. The number of likely N-dealkylation sites (N-methyl/N-ethyl adjacent to an activating group) is 1. The summed E-state index contributed by atoms with van der Waals surface area (Å²) in [7, 11) is 2.20. The van der Waals surface area contributed by atoms with Gasteiger partial charge in [0.15, 0.2) is 0 Å². The maximum atomic E-state index is 4.30. The molecule has 2 rings (SSSR count). The molecule has 4 heteroatoms. The highest BCUT2D eigenvalue weighted by molar-refractivity contribution is 5.53. The van der Waals surface area contributed by atoms with Crippen LogP contribution in [0.4, 0.5) is 5.69 Å². The number of nitrogens with zero attached hydrogens (tertiary/aromatic N) is 3. The fourth-order valence-electron chi connectivity index (χ4n) is 2.69. The van der Waals surface area contributed by atoms with Gasteiger partial charge in [0.25, 0.3) is 0 Å². The van der Waals surface area contributed by atoms with Crippen LogP contribution in [0.15, 0.2) is 18.5 Å². The highest BCUT2D eigenvalue weighted by atomic mass is 15.3. The van der Waals surface area contributed by atoms with E-state index in [2.05, 4.69) is 60.9 Å². The van der Waals surface area contributed by atoms with Crippen LogP contribution in [0.1, 0.15) is 33.3 Å². The maximum Gasteiger partial charge on any atom is 0.0446 e. The topological polar surface area (TPSA) is 31.4 Å². The Bertz CT molecular complexity index is 438. The van der Waals surface area contributed by atoms with Gasteiger partial charge in [0.2, 0.25) is 0 Å². The van der Waals surface area contributed by atoms with Gasteiger partial charge in [-0.1, -0.05) is 0 Å². The second-order valence-electron chi connectivity index (χ2n) is 6.91. The van der Waals surface area contributed by atoms with Crippen molar-refractivity contribution in [1.82, 2.24) is 15.2 Å². The number of rotatable bonds is 3. The van der Waals surface area contributed by atoms with Crippen molar-refractivity contribution in [2.24, 2.45) is 0 Å². The zero-order chi connectivity index (χ0) is 14.8. The van der Waals surface area contributed by atoms with Crippen molar-refractivity contribution in [3.8, 4) is 0 Å². The molecule has 1 aromatic heterocycles. The molecule has 0 bridgehead atoms. The number of piperazine rings is 1. The van der Waals surface area contributed by atoms with Crippen LogP contribution in [0.3, 0.4) is 0 Å². The molecule has 1 N–H and O–H groups in total. The number of nitrogens with one attached hydrogen (secondary N) is 1. The predicted molar refractivity (Wildman–Crippen MR) is 85.1 cm³/mol. The van der Waals surface area contributed by atoms with Crippen LogP contribution < -0.4 is 10.2 Å². The molecule has 1 unspecified atom stereocenters. The first-order valence-corrected chi connectivity index (χ1v) is 7.50. The highest BCUT2D eigenvalue weighted by Gasteiger charge is 2.23. The first-order chi connectivity index (χ1) is 9.37. The largest absolute Gasteiger partial charge is 0.366 e. The Morgan fingerprint density at radius 2 is 2.10 bits per heavy atom. The van der Waals surface area contributed by atoms with Gasteiger partial charge < -0.3 is 15.1 Å². The molecular formula is C16H28N4. The van der Waals surface area contributed by atoms with Crippen molar-refractivity contribution >= 4 is 5.69 Å². The van der Waals surface area contributed by atoms with Gasteiger partial charge >= 0.3 is 0 Å². The van der Waals surface area contributed by atoms with Crippen LogP contribution in [0.25, 0.3) is 0 Å². The molecule has 1 fully saturated rings. The van der Waals surface area contributed by atoms with Gasteiger partial charge in [-0.2, -0.15) is 0 Å². The lowest BCUT2D eigenvalue weighted by atomic mass is 10.1. The second-order valence-corrected chi connectivity index (χ2v) is 6.91. The molecule has 1 atom stereocenters. The molecule has 0 amide bonds. The van der Waals surface area contributed by atoms with Crippen LogP contribution in [-0.4, -0.2) is 48.1 Å². The molecule has 4 nitrogen and oxygen atoms in total. The molecule has 1 aliphatic heterocycles. The Morgan fingerprint density at radius 3 is 2.75 bits per heavy atom. The van der Waals surface area contributed by atoms with Gasteiger partial charge in [-0.25, -0.2) is 0 Å². The maximum absolute atomic E-state index is 4.30. The van der Waals surface area contributed by atoms with Crippen molar-refractivity contribution in [2.45, 2.75) is 45.8 Å². The first kappa shape index (κ1) is 15.3. The Morgan fingerprint density at radius 1 is 1.35 bits per heavy atom. The Kier molecular flexibility index (Phi) is 4.66. The molecule has 0 spiro atoms. The molecule has 112 valence electrons. The average Bonchev–Trinajstić information content (AvgIpc) is 2.36. The SMILES string of the molecule is CC1CN(C)CCN1c1ccncc1CNC(C)(C)C. The summed E-state index contributed by atoms with van der Waals surface area (Å²) in [4.78, 5) is 9.22. The fourth-order valence-corrected chi connectivity index (χ4v) is 2.69. The van der Waals surface area contributed by atoms with E-state index in [1.165, 1.54) is 11.3 Å². The molecule has 2 heterocycles. The molecule has 1 aromatic rings. The van der Waals surface area contributed by atoms with E-state index in [1.807, 2.05) is 12.4 Å². The van der Waals surface area contributed by atoms with Gasteiger partial charge in [0, 0.05) is 61.4 Å². The van der Waals surface area contributed by atoms with Gasteiger partial charge in [-0.15, -0.1) is 0 Å².